The van der Waals surface area contributed by atoms with E-state index in [2.05, 4.69) is 35.8 Å². The molecule has 0 aliphatic heterocycles. The Morgan fingerprint density at radius 3 is 2.50 bits per heavy atom. The van der Waals surface area contributed by atoms with Gasteiger partial charge in [0, 0.05) is 16.8 Å². The van der Waals surface area contributed by atoms with E-state index in [9.17, 15) is 4.79 Å². The van der Waals surface area contributed by atoms with Crippen molar-refractivity contribution >= 4 is 27.4 Å². The van der Waals surface area contributed by atoms with Crippen LogP contribution in [0.2, 0.25) is 0 Å². The van der Waals surface area contributed by atoms with Crippen LogP contribution in [0.4, 0.5) is 5.69 Å². The maximum Gasteiger partial charge on any atom is 0.194 e. The van der Waals surface area contributed by atoms with Gasteiger partial charge in [0.15, 0.2) is 5.78 Å². The molecule has 3 heteroatoms. The molecule has 0 unspecified atom stereocenters. The van der Waals surface area contributed by atoms with Gasteiger partial charge in [-0.3, -0.25) is 4.79 Å². The number of benzene rings is 2. The Kier molecular flexibility index (Phi) is 4.61. The van der Waals surface area contributed by atoms with Crippen molar-refractivity contribution in [2.75, 3.05) is 5.73 Å². The second-order valence-corrected chi connectivity index (χ2v) is 5.53. The molecule has 0 aliphatic carbocycles. The van der Waals surface area contributed by atoms with Gasteiger partial charge in [-0.2, -0.15) is 0 Å². The van der Waals surface area contributed by atoms with E-state index < -0.39 is 0 Å². The first-order valence-electron chi connectivity index (χ1n) is 6.79. The van der Waals surface area contributed by atoms with Crippen LogP contribution in [-0.2, 0) is 12.8 Å². The number of carbonyl (C=O) groups excluding carboxylic acids is 1. The largest absolute Gasteiger partial charge is 0.398 e. The molecule has 2 nitrogen and oxygen atoms in total. The van der Waals surface area contributed by atoms with Gasteiger partial charge in [0.25, 0.3) is 0 Å². The Balaban J connectivity index is 2.55. The molecule has 0 heterocycles. The van der Waals surface area contributed by atoms with E-state index >= 15 is 0 Å². The highest BCUT2D eigenvalue weighted by Crippen LogP contribution is 2.27. The summed E-state index contributed by atoms with van der Waals surface area (Å²) in [5.41, 5.74) is 10.1. The molecular weight excluding hydrogens is 314 g/mol. The third-order valence-corrected chi connectivity index (χ3v) is 4.37. The number of rotatable bonds is 4. The summed E-state index contributed by atoms with van der Waals surface area (Å²) in [6, 6.07) is 11.5. The van der Waals surface area contributed by atoms with Crippen LogP contribution in [-0.4, -0.2) is 5.78 Å². The Bertz CT molecular complexity index is 649. The molecular formula is C17H18BrNO. The first-order valence-corrected chi connectivity index (χ1v) is 7.58. The minimum Gasteiger partial charge on any atom is -0.398 e. The molecule has 0 spiro atoms. The quantitative estimate of drug-likeness (QED) is 0.667. The zero-order valence-corrected chi connectivity index (χ0v) is 13.3. The van der Waals surface area contributed by atoms with E-state index in [1.165, 1.54) is 5.56 Å². The number of hydrogen-bond acceptors (Lipinski definition) is 2. The maximum atomic E-state index is 12.8. The number of hydrogen-bond donors (Lipinski definition) is 1. The summed E-state index contributed by atoms with van der Waals surface area (Å²) in [4.78, 5) is 12.8. The molecule has 0 saturated carbocycles. The first kappa shape index (κ1) is 14.8. The van der Waals surface area contributed by atoms with Gasteiger partial charge in [-0.25, -0.2) is 0 Å². The van der Waals surface area contributed by atoms with Gasteiger partial charge in [0.2, 0.25) is 0 Å². The molecule has 2 aromatic carbocycles. The van der Waals surface area contributed by atoms with Gasteiger partial charge in [-0.05, 0) is 58.1 Å². The minimum atomic E-state index is 0.0244. The van der Waals surface area contributed by atoms with Gasteiger partial charge in [-0.1, -0.05) is 32.0 Å². The second kappa shape index (κ2) is 6.23. The average Bonchev–Trinajstić information content (AvgIpc) is 2.48. The monoisotopic (exact) mass is 331 g/mol. The number of nitrogens with two attached hydrogens (primary N) is 1. The molecule has 2 rings (SSSR count). The highest BCUT2D eigenvalue weighted by molar-refractivity contribution is 9.10. The van der Waals surface area contributed by atoms with Crippen molar-refractivity contribution in [1.82, 2.24) is 0 Å². The predicted octanol–water partition coefficient (Wildman–Crippen LogP) is 4.39. The van der Waals surface area contributed by atoms with E-state index in [0.29, 0.717) is 15.7 Å². The normalized spacial score (nSPS) is 10.6. The fraction of sp³-hybridized carbons (Fsp3) is 0.235. The Morgan fingerprint density at radius 2 is 1.85 bits per heavy atom. The van der Waals surface area contributed by atoms with Gasteiger partial charge < -0.3 is 5.73 Å². The van der Waals surface area contributed by atoms with Crippen LogP contribution >= 0.6 is 15.9 Å². The number of carbonyl (C=O) groups is 1. The van der Waals surface area contributed by atoms with Crippen molar-refractivity contribution in [2.24, 2.45) is 0 Å². The Labute approximate surface area is 128 Å². The predicted molar refractivity (Wildman–Crippen MR) is 87.2 cm³/mol. The van der Waals surface area contributed by atoms with E-state index in [4.69, 9.17) is 5.73 Å². The van der Waals surface area contributed by atoms with Gasteiger partial charge in [0.1, 0.15) is 0 Å². The lowest BCUT2D eigenvalue weighted by Gasteiger charge is -2.11. The summed E-state index contributed by atoms with van der Waals surface area (Å²) >= 11 is 3.41. The molecule has 0 atom stereocenters. The molecule has 0 bridgehead atoms. The molecule has 0 amide bonds. The summed E-state index contributed by atoms with van der Waals surface area (Å²) < 4.78 is 0.675. The van der Waals surface area contributed by atoms with Crippen molar-refractivity contribution in [3.05, 3.63) is 63.1 Å². The van der Waals surface area contributed by atoms with Crippen LogP contribution in [0.15, 0.2) is 40.9 Å². The lowest BCUT2D eigenvalue weighted by molar-refractivity contribution is 0.103. The standard InChI is InChI=1S/C17H18BrNO/c1-3-11-8-9-12(4-2)14(10-11)17(20)13-6-5-7-15(19)16(13)18/h5-10H,3-4,19H2,1-2H3. The third-order valence-electron chi connectivity index (χ3n) is 3.48. The molecule has 0 radical (unpaired) electrons. The molecule has 0 saturated heterocycles. The number of aryl methyl sites for hydroxylation is 2. The SMILES string of the molecule is CCc1ccc(CC)c(C(=O)c2cccc(N)c2Br)c1. The highest BCUT2D eigenvalue weighted by atomic mass is 79.9. The number of halogens is 1. The van der Waals surface area contributed by atoms with Gasteiger partial charge in [0.05, 0.1) is 4.47 Å². The fourth-order valence-electron chi connectivity index (χ4n) is 2.23. The van der Waals surface area contributed by atoms with Gasteiger partial charge in [-0.15, -0.1) is 0 Å². The van der Waals surface area contributed by atoms with Crippen LogP contribution in [0.3, 0.4) is 0 Å². The zero-order valence-electron chi connectivity index (χ0n) is 11.7. The second-order valence-electron chi connectivity index (χ2n) is 4.74. The van der Waals surface area contributed by atoms with Crippen LogP contribution < -0.4 is 5.73 Å². The highest BCUT2D eigenvalue weighted by Gasteiger charge is 2.17. The summed E-state index contributed by atoms with van der Waals surface area (Å²) in [6.45, 7) is 4.15. The molecule has 20 heavy (non-hydrogen) atoms. The van der Waals surface area contributed by atoms with Crippen molar-refractivity contribution in [2.45, 2.75) is 26.7 Å². The van der Waals surface area contributed by atoms with Crippen molar-refractivity contribution in [3.8, 4) is 0 Å². The van der Waals surface area contributed by atoms with Gasteiger partial charge >= 0.3 is 0 Å². The third kappa shape index (κ3) is 2.78. The molecule has 104 valence electrons. The molecule has 0 aliphatic rings. The number of nitrogen functional groups attached to an aromatic ring is 1. The van der Waals surface area contributed by atoms with E-state index in [-0.39, 0.29) is 5.78 Å². The van der Waals surface area contributed by atoms with Crippen LogP contribution in [0.1, 0.15) is 40.9 Å². The zero-order chi connectivity index (χ0) is 14.7. The Morgan fingerprint density at radius 1 is 1.10 bits per heavy atom. The van der Waals surface area contributed by atoms with Crippen LogP contribution in [0.5, 0.6) is 0 Å². The van der Waals surface area contributed by atoms with Crippen LogP contribution in [0.25, 0.3) is 0 Å². The van der Waals surface area contributed by atoms with E-state index in [1.807, 2.05) is 18.2 Å². The van der Waals surface area contributed by atoms with E-state index in [0.717, 1.165) is 24.0 Å². The van der Waals surface area contributed by atoms with E-state index in [1.54, 1.807) is 12.1 Å². The topological polar surface area (TPSA) is 43.1 Å². The lowest BCUT2D eigenvalue weighted by Crippen LogP contribution is -2.08. The molecule has 2 N–H and O–H groups in total. The molecule has 0 aromatic heterocycles. The lowest BCUT2D eigenvalue weighted by atomic mass is 9.94. The molecule has 2 aromatic rings. The Hall–Kier alpha value is -1.61. The number of anilines is 1. The summed E-state index contributed by atoms with van der Waals surface area (Å²) in [6.07, 6.45) is 1.76. The minimum absolute atomic E-state index is 0.0244. The number of ketones is 1. The fourth-order valence-corrected chi connectivity index (χ4v) is 2.68. The van der Waals surface area contributed by atoms with Crippen molar-refractivity contribution in [1.29, 1.82) is 0 Å². The summed E-state index contributed by atoms with van der Waals surface area (Å²) in [7, 11) is 0. The van der Waals surface area contributed by atoms with Crippen molar-refractivity contribution in [3.63, 3.8) is 0 Å². The maximum absolute atomic E-state index is 12.8. The average molecular weight is 332 g/mol. The summed E-state index contributed by atoms with van der Waals surface area (Å²) in [5, 5.41) is 0. The molecule has 0 fully saturated rings. The summed E-state index contributed by atoms with van der Waals surface area (Å²) in [5.74, 6) is 0.0244. The smallest absolute Gasteiger partial charge is 0.194 e. The first-order chi connectivity index (χ1) is 9.58. The van der Waals surface area contributed by atoms with Crippen LogP contribution in [0, 0.1) is 0 Å². The van der Waals surface area contributed by atoms with Crippen molar-refractivity contribution < 1.29 is 4.79 Å².